The first-order valence-electron chi connectivity index (χ1n) is 6.22. The number of rotatable bonds is 4. The third kappa shape index (κ3) is 2.96. The van der Waals surface area contributed by atoms with Crippen LogP contribution in [-0.2, 0) is 0 Å². The van der Waals surface area contributed by atoms with E-state index in [1.807, 2.05) is 6.07 Å². The van der Waals surface area contributed by atoms with Crippen molar-refractivity contribution in [2.45, 2.75) is 32.2 Å². The number of hydrogen-bond acceptors (Lipinski definition) is 1. The van der Waals surface area contributed by atoms with Crippen molar-refractivity contribution in [3.05, 3.63) is 42.5 Å². The van der Waals surface area contributed by atoms with Crippen molar-refractivity contribution in [1.29, 1.82) is 0 Å². The summed E-state index contributed by atoms with van der Waals surface area (Å²) < 4.78 is 0. The van der Waals surface area contributed by atoms with Gasteiger partial charge in [-0.05, 0) is 36.3 Å². The van der Waals surface area contributed by atoms with Crippen molar-refractivity contribution in [2.24, 2.45) is 5.92 Å². The fourth-order valence-corrected chi connectivity index (χ4v) is 2.44. The lowest BCUT2D eigenvalue weighted by Crippen LogP contribution is -2.27. The van der Waals surface area contributed by atoms with Gasteiger partial charge in [0.2, 0.25) is 0 Å². The van der Waals surface area contributed by atoms with E-state index in [-0.39, 0.29) is 0 Å². The van der Waals surface area contributed by atoms with E-state index in [1.54, 1.807) is 0 Å². The van der Waals surface area contributed by atoms with Gasteiger partial charge in [-0.2, -0.15) is 0 Å². The molecule has 2 atom stereocenters. The highest BCUT2D eigenvalue weighted by molar-refractivity contribution is 5.64. The van der Waals surface area contributed by atoms with Crippen LogP contribution in [0.5, 0.6) is 0 Å². The molecule has 1 heteroatoms. The minimum Gasteiger partial charge on any atom is -0.310 e. The lowest BCUT2D eigenvalue weighted by atomic mass is 10.1. The molecule has 1 aliphatic rings. The molecule has 0 aromatic heterocycles. The SMILES string of the molecule is C=C(CNC1CCC(C)C1)c1ccccc1. The summed E-state index contributed by atoms with van der Waals surface area (Å²) in [5, 5.41) is 3.61. The summed E-state index contributed by atoms with van der Waals surface area (Å²) in [6.07, 6.45) is 4.01. The van der Waals surface area contributed by atoms with E-state index in [9.17, 15) is 0 Å². The lowest BCUT2D eigenvalue weighted by molar-refractivity contribution is 0.529. The molecule has 1 aromatic rings. The fourth-order valence-electron chi connectivity index (χ4n) is 2.44. The average Bonchev–Trinajstić information content (AvgIpc) is 2.73. The Labute approximate surface area is 98.6 Å². The zero-order chi connectivity index (χ0) is 11.4. The molecule has 0 amide bonds. The summed E-state index contributed by atoms with van der Waals surface area (Å²) in [6.45, 7) is 7.40. The van der Waals surface area contributed by atoms with Gasteiger partial charge in [-0.1, -0.05) is 43.8 Å². The average molecular weight is 215 g/mol. The highest BCUT2D eigenvalue weighted by atomic mass is 14.9. The highest BCUT2D eigenvalue weighted by Crippen LogP contribution is 2.24. The molecule has 1 fully saturated rings. The summed E-state index contributed by atoms with van der Waals surface area (Å²) in [5.41, 5.74) is 2.45. The molecule has 1 aliphatic carbocycles. The lowest BCUT2D eigenvalue weighted by Gasteiger charge is -2.13. The smallest absolute Gasteiger partial charge is 0.0208 e. The molecule has 0 saturated heterocycles. The minimum absolute atomic E-state index is 0.704. The third-order valence-electron chi connectivity index (χ3n) is 3.48. The van der Waals surface area contributed by atoms with Crippen LogP contribution < -0.4 is 5.32 Å². The second kappa shape index (κ2) is 5.31. The van der Waals surface area contributed by atoms with Gasteiger partial charge in [0, 0.05) is 12.6 Å². The Kier molecular flexibility index (Phi) is 3.79. The quantitative estimate of drug-likeness (QED) is 0.811. The van der Waals surface area contributed by atoms with Gasteiger partial charge in [-0.25, -0.2) is 0 Å². The first-order chi connectivity index (χ1) is 7.75. The highest BCUT2D eigenvalue weighted by Gasteiger charge is 2.20. The van der Waals surface area contributed by atoms with Crippen LogP contribution in [0.25, 0.3) is 5.57 Å². The molecule has 86 valence electrons. The van der Waals surface area contributed by atoms with Gasteiger partial charge in [0.15, 0.2) is 0 Å². The molecular weight excluding hydrogens is 194 g/mol. The zero-order valence-electron chi connectivity index (χ0n) is 10.1. The summed E-state index contributed by atoms with van der Waals surface area (Å²) in [5.74, 6) is 0.891. The van der Waals surface area contributed by atoms with Crippen LogP contribution in [0.1, 0.15) is 31.7 Å². The van der Waals surface area contributed by atoms with E-state index in [2.05, 4.69) is 43.1 Å². The Hall–Kier alpha value is -1.08. The van der Waals surface area contributed by atoms with Crippen LogP contribution in [0, 0.1) is 5.92 Å². The van der Waals surface area contributed by atoms with Gasteiger partial charge in [0.05, 0.1) is 0 Å². The van der Waals surface area contributed by atoms with Crippen molar-refractivity contribution < 1.29 is 0 Å². The van der Waals surface area contributed by atoms with E-state index < -0.39 is 0 Å². The van der Waals surface area contributed by atoms with E-state index in [0.29, 0.717) is 6.04 Å². The van der Waals surface area contributed by atoms with Crippen LogP contribution >= 0.6 is 0 Å². The van der Waals surface area contributed by atoms with Crippen molar-refractivity contribution >= 4 is 5.57 Å². The van der Waals surface area contributed by atoms with Crippen LogP contribution in [-0.4, -0.2) is 12.6 Å². The maximum atomic E-state index is 4.14. The molecule has 0 bridgehead atoms. The molecule has 0 aliphatic heterocycles. The van der Waals surface area contributed by atoms with Crippen molar-refractivity contribution in [3.63, 3.8) is 0 Å². The summed E-state index contributed by atoms with van der Waals surface area (Å²) in [7, 11) is 0. The van der Waals surface area contributed by atoms with E-state index in [4.69, 9.17) is 0 Å². The largest absolute Gasteiger partial charge is 0.310 e. The standard InChI is InChI=1S/C15H21N/c1-12-8-9-15(10-12)16-11-13(2)14-6-4-3-5-7-14/h3-7,12,15-16H,2,8-11H2,1H3. The maximum absolute atomic E-state index is 4.14. The van der Waals surface area contributed by atoms with E-state index in [1.165, 1.54) is 30.4 Å². The number of nitrogens with one attached hydrogen (secondary N) is 1. The second-order valence-electron chi connectivity index (χ2n) is 4.97. The summed E-state index contributed by atoms with van der Waals surface area (Å²) >= 11 is 0. The Morgan fingerprint density at radius 1 is 1.31 bits per heavy atom. The molecule has 2 rings (SSSR count). The normalized spacial score (nSPS) is 24.6. The summed E-state index contributed by atoms with van der Waals surface area (Å²) in [6, 6.07) is 11.1. The van der Waals surface area contributed by atoms with E-state index >= 15 is 0 Å². The first-order valence-corrected chi connectivity index (χ1v) is 6.22. The van der Waals surface area contributed by atoms with Crippen LogP contribution in [0.3, 0.4) is 0 Å². The summed E-state index contributed by atoms with van der Waals surface area (Å²) in [4.78, 5) is 0. The van der Waals surface area contributed by atoms with Gasteiger partial charge in [0.25, 0.3) is 0 Å². The maximum Gasteiger partial charge on any atom is 0.0208 e. The van der Waals surface area contributed by atoms with Crippen molar-refractivity contribution in [3.8, 4) is 0 Å². The van der Waals surface area contributed by atoms with Gasteiger partial charge >= 0.3 is 0 Å². The van der Waals surface area contributed by atoms with Crippen LogP contribution in [0.2, 0.25) is 0 Å². The predicted molar refractivity (Wildman–Crippen MR) is 70.3 cm³/mol. The molecular formula is C15H21N. The fraction of sp³-hybridized carbons (Fsp3) is 0.467. The molecule has 0 radical (unpaired) electrons. The van der Waals surface area contributed by atoms with Crippen LogP contribution in [0.15, 0.2) is 36.9 Å². The van der Waals surface area contributed by atoms with Gasteiger partial charge in [0.1, 0.15) is 0 Å². The molecule has 1 nitrogen and oxygen atoms in total. The molecule has 2 unspecified atom stereocenters. The van der Waals surface area contributed by atoms with Gasteiger partial charge in [-0.3, -0.25) is 0 Å². The second-order valence-corrected chi connectivity index (χ2v) is 4.97. The number of benzene rings is 1. The Morgan fingerprint density at radius 3 is 2.69 bits per heavy atom. The molecule has 0 spiro atoms. The van der Waals surface area contributed by atoms with Crippen molar-refractivity contribution in [2.75, 3.05) is 6.54 Å². The predicted octanol–water partition coefficient (Wildman–Crippen LogP) is 3.48. The topological polar surface area (TPSA) is 12.0 Å². The molecule has 16 heavy (non-hydrogen) atoms. The third-order valence-corrected chi connectivity index (χ3v) is 3.48. The molecule has 1 saturated carbocycles. The zero-order valence-corrected chi connectivity index (χ0v) is 10.1. The van der Waals surface area contributed by atoms with Crippen molar-refractivity contribution in [1.82, 2.24) is 5.32 Å². The Balaban J connectivity index is 1.80. The molecule has 1 N–H and O–H groups in total. The van der Waals surface area contributed by atoms with Gasteiger partial charge in [-0.15, -0.1) is 0 Å². The first kappa shape index (κ1) is 11.4. The minimum atomic E-state index is 0.704. The van der Waals surface area contributed by atoms with E-state index in [0.717, 1.165) is 12.5 Å². The van der Waals surface area contributed by atoms with Gasteiger partial charge < -0.3 is 5.32 Å². The van der Waals surface area contributed by atoms with Crippen LogP contribution in [0.4, 0.5) is 0 Å². The Bertz CT molecular complexity index is 342. The number of hydrogen-bond donors (Lipinski definition) is 1. The Morgan fingerprint density at radius 2 is 2.06 bits per heavy atom. The molecule has 0 heterocycles. The molecule has 1 aromatic carbocycles. The monoisotopic (exact) mass is 215 g/mol.